The number of hydrogen-bond acceptors (Lipinski definition) is 2. The van der Waals surface area contributed by atoms with E-state index in [0.717, 1.165) is 53.6 Å². The second-order valence-electron chi connectivity index (χ2n) is 7.59. The second kappa shape index (κ2) is 6.83. The van der Waals surface area contributed by atoms with Crippen LogP contribution in [-0.2, 0) is 9.59 Å². The van der Waals surface area contributed by atoms with Crippen LogP contribution in [0.1, 0.15) is 62.6 Å². The van der Waals surface area contributed by atoms with Crippen LogP contribution in [-0.4, -0.2) is 49.5 Å². The fraction of sp³-hybridized carbons (Fsp3) is 0.476. The van der Waals surface area contributed by atoms with E-state index in [1.165, 1.54) is 0 Å². The third kappa shape index (κ3) is 2.83. The zero-order valence-electron chi connectivity index (χ0n) is 15.4. The maximum Gasteiger partial charge on any atom is 0.373 e. The van der Waals surface area contributed by atoms with Gasteiger partial charge in [-0.3, -0.25) is 4.79 Å². The van der Waals surface area contributed by atoms with Crippen molar-refractivity contribution in [3.8, 4) is 0 Å². The first-order valence-corrected chi connectivity index (χ1v) is 9.72. The van der Waals surface area contributed by atoms with E-state index in [1.54, 1.807) is 0 Å². The summed E-state index contributed by atoms with van der Waals surface area (Å²) in [5.74, 6) is -2.10. The number of carboxylic acids is 2. The Morgan fingerprint density at radius 1 is 1.26 bits per heavy atom. The zero-order valence-corrected chi connectivity index (χ0v) is 15.4. The van der Waals surface area contributed by atoms with Crippen LogP contribution in [0.3, 0.4) is 0 Å². The molecule has 3 atom stereocenters. The van der Waals surface area contributed by atoms with Crippen LogP contribution in [0.25, 0.3) is 10.9 Å². The Morgan fingerprint density at radius 2 is 2.04 bits per heavy atom. The number of nitrogens with zero attached hydrogens (tertiary/aromatic N) is 1. The van der Waals surface area contributed by atoms with Gasteiger partial charge in [0.25, 0.3) is 6.04 Å². The lowest BCUT2D eigenvalue weighted by atomic mass is 9.78. The van der Waals surface area contributed by atoms with E-state index >= 15 is 0 Å². The van der Waals surface area contributed by atoms with Gasteiger partial charge in [0.1, 0.15) is 5.69 Å². The number of aromatic nitrogens is 1. The van der Waals surface area contributed by atoms with Crippen molar-refractivity contribution >= 4 is 28.6 Å². The average Bonchev–Trinajstić information content (AvgIpc) is 3.04. The number of benzene rings is 1. The number of carbonyl (C=O) groups is 2. The van der Waals surface area contributed by atoms with E-state index in [-0.39, 0.29) is 18.4 Å². The predicted octanol–water partition coefficient (Wildman–Crippen LogP) is 3.35. The molecule has 0 saturated carbocycles. The SMILES string of the molecule is CCC1CCCC2=[N+]1C(C(=O)O)C(CCC(=O)O)c1c2[nH]c2ccccc12. The maximum atomic E-state index is 12.4. The van der Waals surface area contributed by atoms with Crippen molar-refractivity contribution in [2.75, 3.05) is 0 Å². The largest absolute Gasteiger partial charge is 0.481 e. The average molecular weight is 369 g/mol. The maximum absolute atomic E-state index is 12.4. The highest BCUT2D eigenvalue weighted by Crippen LogP contribution is 2.42. The lowest BCUT2D eigenvalue weighted by molar-refractivity contribution is -0.601. The first kappa shape index (κ1) is 17.8. The summed E-state index contributed by atoms with van der Waals surface area (Å²) in [6.07, 6.45) is 4.05. The van der Waals surface area contributed by atoms with E-state index in [9.17, 15) is 19.8 Å². The molecule has 4 rings (SSSR count). The molecule has 3 unspecified atom stereocenters. The van der Waals surface area contributed by atoms with Crippen LogP contribution >= 0.6 is 0 Å². The fourth-order valence-electron chi connectivity index (χ4n) is 5.04. The number of carboxylic acid groups (broad SMARTS) is 2. The molecule has 0 amide bonds. The number of aromatic amines is 1. The van der Waals surface area contributed by atoms with Crippen LogP contribution < -0.4 is 0 Å². The van der Waals surface area contributed by atoms with Gasteiger partial charge in [0.15, 0.2) is 6.04 Å². The van der Waals surface area contributed by atoms with Crippen molar-refractivity contribution in [1.82, 2.24) is 4.98 Å². The van der Waals surface area contributed by atoms with Gasteiger partial charge in [-0.15, -0.1) is 0 Å². The molecule has 3 heterocycles. The first-order valence-electron chi connectivity index (χ1n) is 9.72. The topological polar surface area (TPSA) is 93.4 Å². The number of hydrogen-bond donors (Lipinski definition) is 3. The Labute approximate surface area is 157 Å². The van der Waals surface area contributed by atoms with Gasteiger partial charge in [0, 0.05) is 42.1 Å². The lowest BCUT2D eigenvalue weighted by Gasteiger charge is -2.34. The molecule has 1 aromatic carbocycles. The smallest absolute Gasteiger partial charge is 0.373 e. The summed E-state index contributed by atoms with van der Waals surface area (Å²) < 4.78 is 2.09. The van der Waals surface area contributed by atoms with Crippen molar-refractivity contribution in [3.63, 3.8) is 0 Å². The molecular weight excluding hydrogens is 344 g/mol. The standard InChI is InChI=1S/C21H24N2O4/c1-2-12-6-5-9-16-19-18(13-7-3-4-8-15(13)22-19)14(10-11-17(24)25)20(21(26)27)23(12)16/h3-4,7-8,12,14,20H,2,5-6,9-11H2,1H3,(H2,24,25,26,27)/p+1. The van der Waals surface area contributed by atoms with Gasteiger partial charge in [-0.25, -0.2) is 9.37 Å². The van der Waals surface area contributed by atoms with Crippen molar-refractivity contribution in [2.24, 2.45) is 0 Å². The van der Waals surface area contributed by atoms with Gasteiger partial charge in [0.05, 0.1) is 5.92 Å². The first-order chi connectivity index (χ1) is 13.0. The Kier molecular flexibility index (Phi) is 4.50. The van der Waals surface area contributed by atoms with Gasteiger partial charge in [-0.2, -0.15) is 0 Å². The molecular formula is C21H25N2O4+. The Hall–Kier alpha value is -2.63. The summed E-state index contributed by atoms with van der Waals surface area (Å²) in [7, 11) is 0. The third-order valence-corrected chi connectivity index (χ3v) is 6.14. The Morgan fingerprint density at radius 3 is 2.74 bits per heavy atom. The molecule has 6 heteroatoms. The molecule has 6 nitrogen and oxygen atoms in total. The highest BCUT2D eigenvalue weighted by molar-refractivity contribution is 6.05. The van der Waals surface area contributed by atoms with E-state index in [2.05, 4.69) is 16.5 Å². The highest BCUT2D eigenvalue weighted by Gasteiger charge is 2.50. The molecule has 142 valence electrons. The molecule has 0 spiro atoms. The number of H-pyrrole nitrogens is 1. The molecule has 0 fully saturated rings. The van der Waals surface area contributed by atoms with Crippen molar-refractivity contribution in [1.29, 1.82) is 0 Å². The Bertz CT molecular complexity index is 943. The molecule has 2 aromatic rings. The molecule has 3 N–H and O–H groups in total. The molecule has 2 aliphatic heterocycles. The summed E-state index contributed by atoms with van der Waals surface area (Å²) in [6.45, 7) is 2.10. The van der Waals surface area contributed by atoms with Crippen LogP contribution in [0.15, 0.2) is 24.3 Å². The van der Waals surface area contributed by atoms with Gasteiger partial charge in [-0.1, -0.05) is 25.1 Å². The second-order valence-corrected chi connectivity index (χ2v) is 7.59. The highest BCUT2D eigenvalue weighted by atomic mass is 16.4. The van der Waals surface area contributed by atoms with E-state index in [0.29, 0.717) is 6.42 Å². The fourth-order valence-corrected chi connectivity index (χ4v) is 5.04. The number of para-hydroxylation sites is 1. The summed E-state index contributed by atoms with van der Waals surface area (Å²) in [6, 6.07) is 7.39. The predicted molar refractivity (Wildman–Crippen MR) is 102 cm³/mol. The van der Waals surface area contributed by atoms with Crippen LogP contribution in [0.2, 0.25) is 0 Å². The molecule has 1 aromatic heterocycles. The monoisotopic (exact) mass is 369 g/mol. The van der Waals surface area contributed by atoms with E-state index in [1.807, 2.05) is 24.3 Å². The molecule has 0 saturated heterocycles. The van der Waals surface area contributed by atoms with E-state index in [4.69, 9.17) is 0 Å². The van der Waals surface area contributed by atoms with Crippen molar-refractivity contribution in [3.05, 3.63) is 35.5 Å². The molecule has 2 aliphatic rings. The minimum atomic E-state index is -0.888. The summed E-state index contributed by atoms with van der Waals surface area (Å²) in [5, 5.41) is 20.4. The zero-order chi connectivity index (χ0) is 19.1. The Balaban J connectivity index is 1.98. The van der Waals surface area contributed by atoms with Gasteiger partial charge in [0.2, 0.25) is 5.71 Å². The van der Waals surface area contributed by atoms with Gasteiger partial charge >= 0.3 is 11.9 Å². The quantitative estimate of drug-likeness (QED) is 0.705. The third-order valence-electron chi connectivity index (χ3n) is 6.14. The minimum Gasteiger partial charge on any atom is -0.481 e. The van der Waals surface area contributed by atoms with Crippen LogP contribution in [0, 0.1) is 0 Å². The van der Waals surface area contributed by atoms with Crippen molar-refractivity contribution < 1.29 is 24.4 Å². The number of rotatable bonds is 5. The van der Waals surface area contributed by atoms with Crippen molar-refractivity contribution in [2.45, 2.75) is 63.5 Å². The van der Waals surface area contributed by atoms with Crippen LogP contribution in [0.4, 0.5) is 0 Å². The molecule has 0 bridgehead atoms. The lowest BCUT2D eigenvalue weighted by Crippen LogP contribution is -2.52. The van der Waals surface area contributed by atoms with Crippen LogP contribution in [0.5, 0.6) is 0 Å². The number of aliphatic carboxylic acids is 2. The summed E-state index contributed by atoms with van der Waals surface area (Å²) >= 11 is 0. The molecule has 27 heavy (non-hydrogen) atoms. The van der Waals surface area contributed by atoms with Gasteiger partial charge < -0.3 is 15.2 Å². The number of fused-ring (bicyclic) bond motifs is 4. The van der Waals surface area contributed by atoms with E-state index < -0.39 is 18.0 Å². The summed E-state index contributed by atoms with van der Waals surface area (Å²) in [4.78, 5) is 27.2. The van der Waals surface area contributed by atoms with Gasteiger partial charge in [-0.05, 0) is 18.9 Å². The normalized spacial score (nSPS) is 24.6. The minimum absolute atomic E-state index is 0.0344. The number of nitrogens with one attached hydrogen (secondary N) is 1. The summed E-state index contributed by atoms with van der Waals surface area (Å²) in [5.41, 5.74) is 4.07. The molecule has 0 radical (unpaired) electrons. The molecule has 0 aliphatic carbocycles.